The summed E-state index contributed by atoms with van der Waals surface area (Å²) in [4.78, 5) is 139. The van der Waals surface area contributed by atoms with Gasteiger partial charge in [-0.05, 0) is 67.5 Å². The maximum Gasteiger partial charge on any atom is 0.335 e. The number of thioether (sulfide) groups is 1. The zero-order valence-corrected chi connectivity index (χ0v) is 54.2. The van der Waals surface area contributed by atoms with E-state index >= 15 is 9.59 Å². The molecule has 14 atom stereocenters. The number of quaternary nitrogens is 1. The highest BCUT2D eigenvalue weighted by atomic mass is 32.2. The number of aliphatic hydroxyl groups is 3. The highest BCUT2D eigenvalue weighted by molar-refractivity contribution is 8.00. The van der Waals surface area contributed by atoms with Crippen molar-refractivity contribution in [3.63, 3.8) is 0 Å². The van der Waals surface area contributed by atoms with Crippen molar-refractivity contribution in [2.75, 3.05) is 45.3 Å². The average molecular weight is 1300 g/mol. The second-order valence-corrected chi connectivity index (χ2v) is 26.4. The molecule has 3 saturated heterocycles. The van der Waals surface area contributed by atoms with Gasteiger partial charge in [-0.25, -0.2) is 9.78 Å². The topological polar surface area (TPSA) is 355 Å². The number of hydrogen-bond acceptors (Lipinski definition) is 19. The summed E-state index contributed by atoms with van der Waals surface area (Å²) in [7, 11) is 3.62. The van der Waals surface area contributed by atoms with Gasteiger partial charge in [0, 0.05) is 94.5 Å². The van der Waals surface area contributed by atoms with Gasteiger partial charge < -0.3 is 65.1 Å². The van der Waals surface area contributed by atoms with Crippen molar-refractivity contribution in [3.8, 4) is 5.75 Å². The fourth-order valence-electron chi connectivity index (χ4n) is 12.0. The number of anilines is 1. The Morgan fingerprint density at radius 3 is 2.27 bits per heavy atom. The van der Waals surface area contributed by atoms with Crippen LogP contribution in [0.5, 0.6) is 5.75 Å². The second kappa shape index (κ2) is 32.9. The van der Waals surface area contributed by atoms with Gasteiger partial charge in [0.15, 0.2) is 18.0 Å². The van der Waals surface area contributed by atoms with Crippen molar-refractivity contribution in [1.82, 2.24) is 25.4 Å². The molecule has 4 heterocycles. The molecule has 2 aromatic carbocycles. The van der Waals surface area contributed by atoms with Crippen molar-refractivity contribution in [2.45, 2.75) is 179 Å². The lowest BCUT2D eigenvalue weighted by Gasteiger charge is -2.45. The first-order valence-electron chi connectivity index (χ1n) is 30.5. The highest BCUT2D eigenvalue weighted by Crippen LogP contribution is 2.37. The van der Waals surface area contributed by atoms with Crippen LogP contribution in [-0.4, -0.2) is 198 Å². The summed E-state index contributed by atoms with van der Waals surface area (Å²) >= 11 is 2.37. The van der Waals surface area contributed by atoms with Gasteiger partial charge >= 0.3 is 17.9 Å². The maximum absolute atomic E-state index is 15.1. The molecule has 0 saturated carbocycles. The molecule has 6 rings (SSSR count). The van der Waals surface area contributed by atoms with Crippen LogP contribution in [0.3, 0.4) is 0 Å². The maximum atomic E-state index is 15.1. The number of aliphatic hydroxyl groups excluding tert-OH is 3. The number of nitrogens with one attached hydrogen (secondary N) is 3. The van der Waals surface area contributed by atoms with Crippen molar-refractivity contribution in [1.29, 1.82) is 0 Å². The monoisotopic (exact) mass is 1290 g/mol. The number of rotatable bonds is 32. The van der Waals surface area contributed by atoms with Gasteiger partial charge in [0.1, 0.15) is 47.3 Å². The van der Waals surface area contributed by atoms with Crippen molar-refractivity contribution >= 4 is 87.9 Å². The number of imide groups is 1. The number of amides is 6. The summed E-state index contributed by atoms with van der Waals surface area (Å²) in [5.74, 6) is -8.13. The van der Waals surface area contributed by atoms with Crippen LogP contribution >= 0.6 is 23.1 Å². The molecule has 0 bridgehead atoms. The minimum atomic E-state index is -2.01. The molecular weight excluding hydrogens is 1210 g/mol. The van der Waals surface area contributed by atoms with Gasteiger partial charge in [-0.15, -0.1) is 11.3 Å². The van der Waals surface area contributed by atoms with E-state index in [1.54, 1.807) is 42.6 Å². The summed E-state index contributed by atoms with van der Waals surface area (Å²) in [5.41, 5.74) is 1.58. The molecule has 27 heteroatoms. The van der Waals surface area contributed by atoms with E-state index in [9.17, 15) is 63.9 Å². The van der Waals surface area contributed by atoms with Gasteiger partial charge in [-0.1, -0.05) is 71.4 Å². The van der Waals surface area contributed by atoms with Crippen molar-refractivity contribution < 1.29 is 92.2 Å². The van der Waals surface area contributed by atoms with Crippen LogP contribution in [0.25, 0.3) is 0 Å². The summed E-state index contributed by atoms with van der Waals surface area (Å²) in [6.45, 7) is 11.1. The molecular formula is C63H88N7O18S2+. The fourth-order valence-corrected chi connectivity index (χ4v) is 13.4. The number of carbonyl (C=O) groups excluding carboxylic acids is 8. The van der Waals surface area contributed by atoms with E-state index < -0.39 is 108 Å². The predicted molar refractivity (Wildman–Crippen MR) is 331 cm³/mol. The molecule has 25 nitrogen and oxygen atoms in total. The van der Waals surface area contributed by atoms with Crippen LogP contribution in [-0.2, 0) is 65.6 Å². The number of carboxylic acid groups (broad SMARTS) is 2. The minimum absolute atomic E-state index is 0.0160. The van der Waals surface area contributed by atoms with Crippen LogP contribution in [0.15, 0.2) is 53.9 Å². The number of aromatic nitrogens is 1. The molecule has 0 aliphatic carbocycles. The molecule has 6 amide bonds. The van der Waals surface area contributed by atoms with Crippen LogP contribution in [0, 0.1) is 23.7 Å². The molecule has 3 aromatic rings. The number of carboxylic acids is 2. The number of piperidine rings is 1. The first-order chi connectivity index (χ1) is 42.5. The molecule has 8 N–H and O–H groups in total. The number of Topliss-reactive ketones (excluding diaryl/α,β-unsaturated/α-hetero) is 1. The summed E-state index contributed by atoms with van der Waals surface area (Å²) < 4.78 is 17.4. The number of likely N-dealkylation sites (N-methyl/N-ethyl adjacent to an activating group) is 1. The normalized spacial score (nSPS) is 23.8. The Balaban J connectivity index is 1.18. The first kappa shape index (κ1) is 72.2. The zero-order valence-electron chi connectivity index (χ0n) is 52.5. The quantitative estimate of drug-likeness (QED) is 0.0242. The number of likely N-dealkylation sites (tertiary alicyclic amines) is 2. The number of ketones is 1. The number of nitrogens with zero attached hydrogens (tertiary/aromatic N) is 4. The molecule has 494 valence electrons. The Morgan fingerprint density at radius 1 is 0.922 bits per heavy atom. The third-order valence-electron chi connectivity index (χ3n) is 17.4. The van der Waals surface area contributed by atoms with Gasteiger partial charge in [-0.2, -0.15) is 11.8 Å². The second-order valence-electron chi connectivity index (χ2n) is 24.4. The van der Waals surface area contributed by atoms with E-state index in [4.69, 9.17) is 14.2 Å². The number of hydrogen-bond donors (Lipinski definition) is 8. The van der Waals surface area contributed by atoms with Gasteiger partial charge in [0.05, 0.1) is 30.4 Å². The summed E-state index contributed by atoms with van der Waals surface area (Å²) in [6, 6.07) is 12.4. The first-order valence-corrected chi connectivity index (χ1v) is 32.7. The van der Waals surface area contributed by atoms with E-state index in [0.29, 0.717) is 36.4 Å². The minimum Gasteiger partial charge on any atom is -0.481 e. The van der Waals surface area contributed by atoms with E-state index in [2.05, 4.69) is 20.9 Å². The summed E-state index contributed by atoms with van der Waals surface area (Å²) in [6.07, 6.45) is -6.31. The number of thiazole rings is 1. The van der Waals surface area contributed by atoms with E-state index in [1.807, 2.05) is 65.1 Å². The number of esters is 1. The van der Waals surface area contributed by atoms with Crippen LogP contribution in [0.1, 0.15) is 138 Å². The lowest BCUT2D eigenvalue weighted by atomic mass is 9.82. The van der Waals surface area contributed by atoms with E-state index in [1.165, 1.54) is 24.8 Å². The van der Waals surface area contributed by atoms with Gasteiger partial charge in [0.25, 0.3) is 5.91 Å². The smallest absolute Gasteiger partial charge is 0.335 e. The lowest BCUT2D eigenvalue weighted by Crippen LogP contribution is -2.61. The number of ether oxygens (including phenoxy) is 3. The molecule has 3 fully saturated rings. The molecule has 90 heavy (non-hydrogen) atoms. The SMILES string of the molecule is CC[C@H](C)[C@H](CC(=O)[C@H]1CCCC[N+]1(C)Cc1ccc(OC2O[C@H](C(=O)O)[C@@H](O)[C@H](O)[C@H]2O)c(NC(=O)CCNC(=O)CCN2C(=O)CC(SC)C2=O)c1)C(=O)N(C)[C@H](C[C@@H](OC(C)=O)c1nc(C(=O)N[C@@H](Cc2ccccc2)C[C@H](C)C(=O)O)cs1)C(C)C. The Kier molecular flexibility index (Phi) is 26.4. The number of benzene rings is 2. The lowest BCUT2D eigenvalue weighted by molar-refractivity contribution is -0.941. The Hall–Kier alpha value is -6.88. The van der Waals surface area contributed by atoms with Crippen LogP contribution < -0.4 is 20.7 Å². The van der Waals surface area contributed by atoms with Crippen LogP contribution in [0.4, 0.5) is 5.69 Å². The molecule has 1 aromatic heterocycles. The van der Waals surface area contributed by atoms with Crippen molar-refractivity contribution in [2.24, 2.45) is 23.7 Å². The average Bonchev–Trinajstić information content (AvgIpc) is 1.21. The van der Waals surface area contributed by atoms with Crippen molar-refractivity contribution in [3.05, 3.63) is 75.7 Å². The zero-order chi connectivity index (χ0) is 66.3. The molecule has 3 aliphatic rings. The van der Waals surface area contributed by atoms with Gasteiger partial charge in [0.2, 0.25) is 35.8 Å². The Bertz CT molecular complexity index is 3040. The molecule has 3 unspecified atom stereocenters. The highest BCUT2D eigenvalue weighted by Gasteiger charge is 2.49. The van der Waals surface area contributed by atoms with E-state index in [0.717, 1.165) is 34.6 Å². The van der Waals surface area contributed by atoms with Crippen LogP contribution in [0.2, 0.25) is 0 Å². The van der Waals surface area contributed by atoms with E-state index in [-0.39, 0.29) is 115 Å². The third kappa shape index (κ3) is 19.1. The molecule has 0 spiro atoms. The third-order valence-corrected chi connectivity index (χ3v) is 19.2. The Morgan fingerprint density at radius 2 is 1.63 bits per heavy atom. The fraction of sp³-hybridized carbons (Fsp3) is 0.603. The largest absolute Gasteiger partial charge is 0.481 e. The Labute approximate surface area is 532 Å². The summed E-state index contributed by atoms with van der Waals surface area (Å²) in [5, 5.41) is 60.9. The number of aliphatic carboxylic acids is 2. The molecule has 3 aliphatic heterocycles. The number of carbonyl (C=O) groups is 10. The van der Waals surface area contributed by atoms with Gasteiger partial charge in [-0.3, -0.25) is 48.1 Å². The predicted octanol–water partition coefficient (Wildman–Crippen LogP) is 4.49. The standard InChI is InChI=1S/C63H87N7O18S2/c1-10-35(4)41(59(80)68(7)44(34(2)3)30-48(86-37(6)71)58-67-43(33-90-58)57(79)65-40(26-36(5)61(82)83)27-38-16-12-11-13-17-38)29-46(72)45-18-14-15-25-70(45,8)32-39-19-20-47(87-63-55(78)53(76)54(77)56(88-63)62(84)85)42(28-39)66-51(74)21-23-64-50(73)22-24-69-52(75)31-49(89-9)60(69)81/h11-13,16-17,19-20,28,33-36,40-41,44-45,48-49,53-56,63,76-78H,10,14-15,18,21-27,29-32H2,1-9H3,(H4-,64,65,66,73,74,79,82,83,84,85)/p+1/t35-,36-,40+,41-,44+,45+,48+,49?,53-,54-,55+,56-,63?,70?/m0/s1. The molecule has 0 radical (unpaired) electrons.